The van der Waals surface area contributed by atoms with E-state index in [1.165, 1.54) is 13.0 Å². The van der Waals surface area contributed by atoms with Gasteiger partial charge in [-0.05, 0) is 24.6 Å². The van der Waals surface area contributed by atoms with Crippen LogP contribution >= 0.6 is 11.6 Å². The van der Waals surface area contributed by atoms with Crippen LogP contribution in [0.15, 0.2) is 71.0 Å². The number of azo groups is 1. The Hall–Kier alpha value is -3.30. The number of nitriles is 1. The SMILES string of the molecule is CC(=O)C(C#N)(N=Nc1[nH]ncc1-c1ccccc1)c1cccc(Cl)c1. The van der Waals surface area contributed by atoms with Crippen molar-refractivity contribution in [2.24, 2.45) is 10.2 Å². The lowest BCUT2D eigenvalue weighted by Gasteiger charge is -2.18. The van der Waals surface area contributed by atoms with Crippen LogP contribution in [0.1, 0.15) is 12.5 Å². The summed E-state index contributed by atoms with van der Waals surface area (Å²) < 4.78 is 0. The van der Waals surface area contributed by atoms with Crippen molar-refractivity contribution in [1.29, 1.82) is 5.26 Å². The number of rotatable bonds is 5. The Labute approximate surface area is 155 Å². The highest BCUT2D eigenvalue weighted by Gasteiger charge is 2.38. The first-order valence-corrected chi connectivity index (χ1v) is 8.14. The van der Waals surface area contributed by atoms with Crippen molar-refractivity contribution < 1.29 is 4.79 Å². The summed E-state index contributed by atoms with van der Waals surface area (Å²) in [5, 5.41) is 25.1. The van der Waals surface area contributed by atoms with Crippen LogP contribution < -0.4 is 0 Å². The van der Waals surface area contributed by atoms with Gasteiger partial charge in [0.1, 0.15) is 6.07 Å². The minimum atomic E-state index is -1.77. The molecule has 0 aliphatic heterocycles. The van der Waals surface area contributed by atoms with E-state index in [4.69, 9.17) is 11.6 Å². The summed E-state index contributed by atoms with van der Waals surface area (Å²) in [5.41, 5.74) is 0.202. The third-order valence-electron chi connectivity index (χ3n) is 3.92. The molecule has 3 aromatic rings. The fourth-order valence-electron chi connectivity index (χ4n) is 2.52. The Balaban J connectivity index is 2.06. The molecular weight excluding hydrogens is 350 g/mol. The molecule has 0 radical (unpaired) electrons. The highest BCUT2D eigenvalue weighted by Crippen LogP contribution is 2.33. The number of Topliss-reactive ketones (excluding diaryl/α,β-unsaturated/α-hetero) is 1. The van der Waals surface area contributed by atoms with Gasteiger partial charge in [0.2, 0.25) is 5.54 Å². The maximum Gasteiger partial charge on any atom is 0.249 e. The Kier molecular flexibility index (Phi) is 4.92. The standard InChI is InChI=1S/C19H14ClN5O/c1-13(26)19(12-21,15-8-5-9-16(20)10-15)25-24-18-17(11-22-23-18)14-6-3-2-4-7-14/h2-11H,1H3,(H,22,23). The molecule has 2 aromatic carbocycles. The Morgan fingerprint density at radius 3 is 2.65 bits per heavy atom. The maximum atomic E-state index is 12.3. The number of benzene rings is 2. The van der Waals surface area contributed by atoms with Gasteiger partial charge in [0.05, 0.1) is 6.20 Å². The van der Waals surface area contributed by atoms with Gasteiger partial charge in [-0.2, -0.15) is 15.5 Å². The molecule has 0 spiro atoms. The van der Waals surface area contributed by atoms with Crippen molar-refractivity contribution in [3.05, 3.63) is 71.4 Å². The molecular formula is C19H14ClN5O. The number of nitrogens with one attached hydrogen (secondary N) is 1. The zero-order chi connectivity index (χ0) is 18.6. The highest BCUT2D eigenvalue weighted by molar-refractivity contribution is 6.30. The van der Waals surface area contributed by atoms with Gasteiger partial charge in [-0.15, -0.1) is 5.11 Å². The van der Waals surface area contributed by atoms with Crippen LogP contribution in [0.3, 0.4) is 0 Å². The molecule has 0 saturated heterocycles. The van der Waals surface area contributed by atoms with Crippen LogP contribution in [0.2, 0.25) is 5.02 Å². The van der Waals surface area contributed by atoms with Crippen LogP contribution in [0.4, 0.5) is 5.82 Å². The number of ketones is 1. The molecule has 1 aromatic heterocycles. The van der Waals surface area contributed by atoms with E-state index in [9.17, 15) is 10.1 Å². The molecule has 0 aliphatic rings. The summed E-state index contributed by atoms with van der Waals surface area (Å²) >= 11 is 6.01. The lowest BCUT2D eigenvalue weighted by molar-refractivity contribution is -0.120. The monoisotopic (exact) mass is 363 g/mol. The predicted molar refractivity (Wildman–Crippen MR) is 98.0 cm³/mol. The first-order valence-electron chi connectivity index (χ1n) is 7.77. The second-order valence-electron chi connectivity index (χ2n) is 5.59. The molecule has 26 heavy (non-hydrogen) atoms. The minimum absolute atomic E-state index is 0.360. The Morgan fingerprint density at radius 2 is 2.00 bits per heavy atom. The van der Waals surface area contributed by atoms with E-state index in [0.717, 1.165) is 11.1 Å². The third-order valence-corrected chi connectivity index (χ3v) is 4.15. The first kappa shape index (κ1) is 17.5. The van der Waals surface area contributed by atoms with Crippen LogP contribution in [0.5, 0.6) is 0 Å². The molecule has 3 rings (SSSR count). The molecule has 1 heterocycles. The van der Waals surface area contributed by atoms with Crippen molar-refractivity contribution in [1.82, 2.24) is 10.2 Å². The number of hydrogen-bond donors (Lipinski definition) is 1. The Morgan fingerprint density at radius 1 is 1.23 bits per heavy atom. The quantitative estimate of drug-likeness (QED) is 0.658. The van der Waals surface area contributed by atoms with Gasteiger partial charge in [0.15, 0.2) is 11.6 Å². The minimum Gasteiger partial charge on any atom is -0.296 e. The van der Waals surface area contributed by atoms with E-state index in [2.05, 4.69) is 20.4 Å². The summed E-state index contributed by atoms with van der Waals surface area (Å²) in [6.07, 6.45) is 1.62. The second kappa shape index (κ2) is 7.30. The average Bonchev–Trinajstić information content (AvgIpc) is 3.12. The lowest BCUT2D eigenvalue weighted by atomic mass is 9.89. The number of aromatic nitrogens is 2. The highest BCUT2D eigenvalue weighted by atomic mass is 35.5. The average molecular weight is 364 g/mol. The van der Waals surface area contributed by atoms with E-state index in [1.807, 2.05) is 36.4 Å². The number of aromatic amines is 1. The van der Waals surface area contributed by atoms with E-state index in [1.54, 1.807) is 24.4 Å². The summed E-state index contributed by atoms with van der Waals surface area (Å²) in [4.78, 5) is 12.3. The second-order valence-corrected chi connectivity index (χ2v) is 6.02. The van der Waals surface area contributed by atoms with E-state index in [0.29, 0.717) is 16.4 Å². The van der Waals surface area contributed by atoms with Crippen molar-refractivity contribution >= 4 is 23.2 Å². The van der Waals surface area contributed by atoms with E-state index in [-0.39, 0.29) is 0 Å². The molecule has 0 aliphatic carbocycles. The summed E-state index contributed by atoms with van der Waals surface area (Å²) in [7, 11) is 0. The number of halogens is 1. The molecule has 0 amide bonds. The van der Waals surface area contributed by atoms with Crippen molar-refractivity contribution in [2.75, 3.05) is 0 Å². The normalized spacial score (nSPS) is 13.3. The van der Waals surface area contributed by atoms with Gasteiger partial charge in [-0.3, -0.25) is 9.89 Å². The van der Waals surface area contributed by atoms with E-state index >= 15 is 0 Å². The van der Waals surface area contributed by atoms with Crippen molar-refractivity contribution in [3.8, 4) is 17.2 Å². The third kappa shape index (κ3) is 3.25. The molecule has 1 N–H and O–H groups in total. The summed E-state index contributed by atoms with van der Waals surface area (Å²) in [6, 6.07) is 18.0. The molecule has 1 atom stereocenters. The molecule has 0 fully saturated rings. The van der Waals surface area contributed by atoms with Crippen LogP contribution in [0, 0.1) is 11.3 Å². The summed E-state index contributed by atoms with van der Waals surface area (Å²) in [5.74, 6) is -0.0918. The zero-order valence-corrected chi connectivity index (χ0v) is 14.6. The fraction of sp³-hybridized carbons (Fsp3) is 0.105. The van der Waals surface area contributed by atoms with Crippen molar-refractivity contribution in [3.63, 3.8) is 0 Å². The molecule has 1 unspecified atom stereocenters. The molecule has 128 valence electrons. The zero-order valence-electron chi connectivity index (χ0n) is 13.8. The summed E-state index contributed by atoms with van der Waals surface area (Å²) in [6.45, 7) is 1.30. The molecule has 0 saturated carbocycles. The number of hydrogen-bond acceptors (Lipinski definition) is 5. The van der Waals surface area contributed by atoms with Gasteiger partial charge in [0, 0.05) is 16.1 Å². The number of H-pyrrole nitrogens is 1. The van der Waals surface area contributed by atoms with Crippen LogP contribution in [-0.2, 0) is 10.3 Å². The predicted octanol–water partition coefficient (Wildman–Crippen LogP) is 4.82. The van der Waals surface area contributed by atoms with Gasteiger partial charge in [-0.1, -0.05) is 54.1 Å². The van der Waals surface area contributed by atoms with Gasteiger partial charge >= 0.3 is 0 Å². The molecule has 6 nitrogen and oxygen atoms in total. The first-order chi connectivity index (χ1) is 12.6. The smallest absolute Gasteiger partial charge is 0.249 e. The fourth-order valence-corrected chi connectivity index (χ4v) is 2.71. The maximum absolute atomic E-state index is 12.3. The molecule has 0 bridgehead atoms. The van der Waals surface area contributed by atoms with Gasteiger partial charge < -0.3 is 0 Å². The number of nitrogens with zero attached hydrogens (tertiary/aromatic N) is 4. The molecule has 7 heteroatoms. The van der Waals surface area contributed by atoms with Crippen LogP contribution in [0.25, 0.3) is 11.1 Å². The lowest BCUT2D eigenvalue weighted by Crippen LogP contribution is -2.29. The van der Waals surface area contributed by atoms with Crippen LogP contribution in [-0.4, -0.2) is 16.0 Å². The van der Waals surface area contributed by atoms with Gasteiger partial charge in [0.25, 0.3) is 0 Å². The topological polar surface area (TPSA) is 94.3 Å². The number of carbonyl (C=O) groups is 1. The number of carbonyl (C=O) groups excluding carboxylic acids is 1. The Bertz CT molecular complexity index is 1010. The van der Waals surface area contributed by atoms with Crippen molar-refractivity contribution in [2.45, 2.75) is 12.5 Å². The van der Waals surface area contributed by atoms with E-state index < -0.39 is 11.3 Å². The largest absolute Gasteiger partial charge is 0.296 e. The van der Waals surface area contributed by atoms with Gasteiger partial charge in [-0.25, -0.2) is 0 Å².